The van der Waals surface area contributed by atoms with Crippen LogP contribution in [-0.2, 0) is 13.0 Å². The zero-order chi connectivity index (χ0) is 16.1. The van der Waals surface area contributed by atoms with E-state index in [0.717, 1.165) is 23.8 Å². The van der Waals surface area contributed by atoms with Gasteiger partial charge in [-0.15, -0.1) is 0 Å². The van der Waals surface area contributed by atoms with Crippen molar-refractivity contribution >= 4 is 5.91 Å². The van der Waals surface area contributed by atoms with Gasteiger partial charge < -0.3 is 18.8 Å². The fraction of sp³-hybridized carbons (Fsp3) is 0.444. The number of fused-ring (bicyclic) bond motifs is 2. The number of benzene rings is 1. The number of hydrogen-bond donors (Lipinski definition) is 0. The van der Waals surface area contributed by atoms with Crippen LogP contribution in [0.25, 0.3) is 0 Å². The van der Waals surface area contributed by atoms with Crippen LogP contribution < -0.4 is 9.47 Å². The number of nitrogens with zero attached hydrogens (tertiary/aromatic N) is 2. The van der Waals surface area contributed by atoms with Gasteiger partial charge >= 0.3 is 0 Å². The maximum Gasteiger partial charge on any atom is 0.254 e. The Bertz CT molecular complexity index is 809. The van der Waals surface area contributed by atoms with E-state index in [2.05, 4.69) is 4.98 Å². The predicted molar refractivity (Wildman–Crippen MR) is 84.1 cm³/mol. The third-order valence-corrected chi connectivity index (χ3v) is 5.11. The van der Waals surface area contributed by atoms with Crippen molar-refractivity contribution in [1.82, 2.24) is 9.88 Å². The molecule has 0 saturated heterocycles. The number of oxazole rings is 1. The Labute approximate surface area is 139 Å². The average Bonchev–Trinajstić information content (AvgIpc) is 3.17. The standard InChI is InChI=1S/C18H18N2O4/c21-18(12-4-5-15-16(8-12)23-10-22-15)20-7-6-14-13(9-20)19-17(24-14)11-2-1-3-11/h4-5,8,11H,1-3,6-7,9-10H2. The molecule has 2 aromatic rings. The van der Waals surface area contributed by atoms with E-state index in [-0.39, 0.29) is 12.7 Å². The van der Waals surface area contributed by atoms with Gasteiger partial charge in [0.1, 0.15) is 11.5 Å². The molecule has 0 radical (unpaired) electrons. The van der Waals surface area contributed by atoms with Crippen LogP contribution in [0.1, 0.15) is 52.9 Å². The van der Waals surface area contributed by atoms with E-state index in [1.54, 1.807) is 18.2 Å². The van der Waals surface area contributed by atoms with Gasteiger partial charge in [-0.1, -0.05) is 6.42 Å². The molecule has 1 fully saturated rings. The molecule has 0 bridgehead atoms. The minimum atomic E-state index is -0.00727. The molecule has 5 rings (SSSR count). The molecule has 3 aliphatic rings. The van der Waals surface area contributed by atoms with E-state index in [1.807, 2.05) is 4.90 Å². The quantitative estimate of drug-likeness (QED) is 0.849. The topological polar surface area (TPSA) is 64.8 Å². The predicted octanol–water partition coefficient (Wildman–Crippen LogP) is 2.87. The molecule has 0 N–H and O–H groups in total. The summed E-state index contributed by atoms with van der Waals surface area (Å²) in [4.78, 5) is 19.3. The summed E-state index contributed by atoms with van der Waals surface area (Å²) in [6.07, 6.45) is 4.32. The first kappa shape index (κ1) is 13.9. The minimum Gasteiger partial charge on any atom is -0.454 e. The van der Waals surface area contributed by atoms with Gasteiger partial charge in [0.05, 0.1) is 6.54 Å². The van der Waals surface area contributed by atoms with Crippen LogP contribution in [0.2, 0.25) is 0 Å². The highest BCUT2D eigenvalue weighted by atomic mass is 16.7. The normalized spacial score (nSPS) is 19.1. The summed E-state index contributed by atoms with van der Waals surface area (Å²) in [6, 6.07) is 5.33. The summed E-state index contributed by atoms with van der Waals surface area (Å²) in [6.45, 7) is 1.38. The molecule has 0 atom stereocenters. The van der Waals surface area contributed by atoms with Crippen LogP contribution in [0.15, 0.2) is 22.6 Å². The zero-order valence-electron chi connectivity index (χ0n) is 13.3. The van der Waals surface area contributed by atoms with Crippen LogP contribution in [-0.4, -0.2) is 29.1 Å². The lowest BCUT2D eigenvalue weighted by Gasteiger charge is -2.25. The van der Waals surface area contributed by atoms with Gasteiger partial charge in [-0.2, -0.15) is 0 Å². The Balaban J connectivity index is 1.36. The first-order chi connectivity index (χ1) is 11.8. The smallest absolute Gasteiger partial charge is 0.254 e. The second-order valence-corrected chi connectivity index (χ2v) is 6.59. The van der Waals surface area contributed by atoms with Crippen LogP contribution in [0.4, 0.5) is 0 Å². The fourth-order valence-corrected chi connectivity index (χ4v) is 3.43. The highest BCUT2D eigenvalue weighted by Gasteiger charge is 2.30. The van der Waals surface area contributed by atoms with Gasteiger partial charge in [0.25, 0.3) is 5.91 Å². The Morgan fingerprint density at radius 3 is 2.92 bits per heavy atom. The molecule has 1 amide bonds. The van der Waals surface area contributed by atoms with Crippen LogP contribution in [0, 0.1) is 0 Å². The summed E-state index contributed by atoms with van der Waals surface area (Å²) < 4.78 is 16.6. The first-order valence-corrected chi connectivity index (χ1v) is 8.45. The Hall–Kier alpha value is -2.50. The van der Waals surface area contributed by atoms with Gasteiger partial charge in [0.15, 0.2) is 17.4 Å². The van der Waals surface area contributed by atoms with E-state index in [9.17, 15) is 4.79 Å². The van der Waals surface area contributed by atoms with Crippen molar-refractivity contribution in [3.8, 4) is 11.5 Å². The number of hydrogen-bond acceptors (Lipinski definition) is 5. The van der Waals surface area contributed by atoms with E-state index >= 15 is 0 Å². The first-order valence-electron chi connectivity index (χ1n) is 8.45. The molecule has 6 heteroatoms. The third-order valence-electron chi connectivity index (χ3n) is 5.11. The third kappa shape index (κ3) is 2.17. The lowest BCUT2D eigenvalue weighted by Crippen LogP contribution is -2.35. The summed E-state index contributed by atoms with van der Waals surface area (Å²) in [7, 11) is 0. The van der Waals surface area contributed by atoms with Crippen LogP contribution in [0.5, 0.6) is 11.5 Å². The second kappa shape index (κ2) is 5.26. The summed E-state index contributed by atoms with van der Waals surface area (Å²) in [5, 5.41) is 0. The highest BCUT2D eigenvalue weighted by Crippen LogP contribution is 2.37. The summed E-state index contributed by atoms with van der Waals surface area (Å²) in [5.41, 5.74) is 1.53. The van der Waals surface area contributed by atoms with Crippen molar-refractivity contribution in [2.75, 3.05) is 13.3 Å². The molecule has 0 spiro atoms. The number of carbonyl (C=O) groups is 1. The van der Waals surface area contributed by atoms with Crippen LogP contribution >= 0.6 is 0 Å². The highest BCUT2D eigenvalue weighted by molar-refractivity contribution is 5.95. The molecule has 24 heavy (non-hydrogen) atoms. The Morgan fingerprint density at radius 2 is 2.08 bits per heavy atom. The van der Waals surface area contributed by atoms with Crippen molar-refractivity contribution in [3.63, 3.8) is 0 Å². The van der Waals surface area contributed by atoms with E-state index in [4.69, 9.17) is 13.9 Å². The van der Waals surface area contributed by atoms with Crippen molar-refractivity contribution < 1.29 is 18.7 Å². The SMILES string of the molecule is O=C(c1ccc2c(c1)OCO2)N1CCc2oc(C3CCC3)nc2C1. The molecule has 1 aliphatic carbocycles. The van der Waals surface area contributed by atoms with E-state index in [0.29, 0.717) is 36.1 Å². The molecule has 1 saturated carbocycles. The molecule has 0 unspecified atom stereocenters. The fourth-order valence-electron chi connectivity index (χ4n) is 3.43. The monoisotopic (exact) mass is 326 g/mol. The molecular weight excluding hydrogens is 308 g/mol. The lowest BCUT2D eigenvalue weighted by atomic mass is 9.85. The Kier molecular flexibility index (Phi) is 3.04. The van der Waals surface area contributed by atoms with Crippen LogP contribution in [0.3, 0.4) is 0 Å². The van der Waals surface area contributed by atoms with Gasteiger partial charge in [-0.05, 0) is 31.0 Å². The van der Waals surface area contributed by atoms with Gasteiger partial charge in [-0.25, -0.2) is 4.98 Å². The molecule has 6 nitrogen and oxygen atoms in total. The van der Waals surface area contributed by atoms with Crippen molar-refractivity contribution in [2.24, 2.45) is 0 Å². The van der Waals surface area contributed by atoms with Crippen molar-refractivity contribution in [1.29, 1.82) is 0 Å². The van der Waals surface area contributed by atoms with Gasteiger partial charge in [-0.3, -0.25) is 4.79 Å². The van der Waals surface area contributed by atoms with Gasteiger partial charge in [0.2, 0.25) is 6.79 Å². The number of ether oxygens (including phenoxy) is 2. The number of rotatable bonds is 2. The van der Waals surface area contributed by atoms with E-state index in [1.165, 1.54) is 19.3 Å². The zero-order valence-corrected chi connectivity index (χ0v) is 13.3. The van der Waals surface area contributed by atoms with Crippen molar-refractivity contribution in [2.45, 2.75) is 38.1 Å². The lowest BCUT2D eigenvalue weighted by molar-refractivity contribution is 0.0727. The number of carbonyl (C=O) groups excluding carboxylic acids is 1. The van der Waals surface area contributed by atoms with E-state index < -0.39 is 0 Å². The number of aromatic nitrogens is 1. The molecule has 3 heterocycles. The molecule has 1 aromatic carbocycles. The summed E-state index contributed by atoms with van der Waals surface area (Å²) in [5.74, 6) is 3.61. The molecular formula is C18H18N2O4. The largest absolute Gasteiger partial charge is 0.454 e. The molecule has 124 valence electrons. The molecule has 1 aromatic heterocycles. The maximum absolute atomic E-state index is 12.8. The minimum absolute atomic E-state index is 0.00727. The number of amides is 1. The van der Waals surface area contributed by atoms with Crippen molar-refractivity contribution in [3.05, 3.63) is 41.1 Å². The average molecular weight is 326 g/mol. The summed E-state index contributed by atoms with van der Waals surface area (Å²) >= 11 is 0. The second-order valence-electron chi connectivity index (χ2n) is 6.59. The van der Waals surface area contributed by atoms with Gasteiger partial charge in [0, 0.05) is 24.4 Å². The maximum atomic E-state index is 12.8. The Morgan fingerprint density at radius 1 is 1.21 bits per heavy atom. The molecule has 2 aliphatic heterocycles.